The number of rotatable bonds is 1. The summed E-state index contributed by atoms with van der Waals surface area (Å²) in [5, 5.41) is 3.07. The Balaban J connectivity index is 0.000000461. The van der Waals surface area contributed by atoms with Crippen LogP contribution in [-0.4, -0.2) is 32.6 Å². The third-order valence-electron chi connectivity index (χ3n) is 1.47. The normalized spacial score (nSPS) is 30.5. The van der Waals surface area contributed by atoms with E-state index < -0.39 is 0 Å². The average Bonchev–Trinajstić information content (AvgIpc) is 2.10. The molecule has 1 saturated heterocycles. The van der Waals surface area contributed by atoms with Crippen LogP contribution in [0, 0.1) is 0 Å². The SMILES string of the molecule is CC.CNC1COC(C)OC1. The molecule has 0 aromatic heterocycles. The van der Waals surface area contributed by atoms with Gasteiger partial charge in [-0.05, 0) is 14.0 Å². The smallest absolute Gasteiger partial charge is 0.154 e. The molecular weight excluding hydrogens is 142 g/mol. The summed E-state index contributed by atoms with van der Waals surface area (Å²) < 4.78 is 10.4. The lowest BCUT2D eigenvalue weighted by atomic mass is 10.3. The Morgan fingerprint density at radius 1 is 1.18 bits per heavy atom. The maximum atomic E-state index is 5.20. The number of hydrogen-bond donors (Lipinski definition) is 1. The molecule has 0 aromatic carbocycles. The second-order valence-corrected chi connectivity index (χ2v) is 2.22. The van der Waals surface area contributed by atoms with Crippen molar-refractivity contribution in [3.8, 4) is 0 Å². The molecule has 1 heterocycles. The maximum Gasteiger partial charge on any atom is 0.154 e. The number of likely N-dealkylation sites (N-methyl/N-ethyl adjacent to an activating group) is 1. The van der Waals surface area contributed by atoms with Crippen LogP contribution in [0.25, 0.3) is 0 Å². The van der Waals surface area contributed by atoms with Crippen LogP contribution in [0.3, 0.4) is 0 Å². The molecule has 0 saturated carbocycles. The van der Waals surface area contributed by atoms with Gasteiger partial charge >= 0.3 is 0 Å². The summed E-state index contributed by atoms with van der Waals surface area (Å²) in [6.07, 6.45) is -0.0189. The molecule has 0 atom stereocenters. The van der Waals surface area contributed by atoms with Gasteiger partial charge in [0.25, 0.3) is 0 Å². The van der Waals surface area contributed by atoms with E-state index >= 15 is 0 Å². The molecule has 0 aromatic rings. The first-order valence-corrected chi connectivity index (χ1v) is 4.23. The molecule has 0 spiro atoms. The molecule has 0 aliphatic carbocycles. The van der Waals surface area contributed by atoms with Crippen LogP contribution in [0.1, 0.15) is 20.8 Å². The van der Waals surface area contributed by atoms with E-state index in [1.165, 1.54) is 0 Å². The number of hydrogen-bond acceptors (Lipinski definition) is 3. The highest BCUT2D eigenvalue weighted by atomic mass is 16.7. The van der Waals surface area contributed by atoms with Crippen molar-refractivity contribution in [2.75, 3.05) is 20.3 Å². The van der Waals surface area contributed by atoms with Gasteiger partial charge in [0.15, 0.2) is 6.29 Å². The first kappa shape index (κ1) is 10.9. The van der Waals surface area contributed by atoms with Gasteiger partial charge in [0.2, 0.25) is 0 Å². The summed E-state index contributed by atoms with van der Waals surface area (Å²) in [5.41, 5.74) is 0. The Kier molecular flexibility index (Phi) is 6.51. The molecule has 0 amide bonds. The van der Waals surface area contributed by atoms with E-state index in [4.69, 9.17) is 9.47 Å². The van der Waals surface area contributed by atoms with Gasteiger partial charge in [0.1, 0.15) is 0 Å². The predicted molar refractivity (Wildman–Crippen MR) is 45.6 cm³/mol. The topological polar surface area (TPSA) is 30.5 Å². The first-order chi connectivity index (χ1) is 5.33. The van der Waals surface area contributed by atoms with Crippen LogP contribution in [-0.2, 0) is 9.47 Å². The fourth-order valence-corrected chi connectivity index (χ4v) is 0.766. The van der Waals surface area contributed by atoms with E-state index in [0.29, 0.717) is 6.04 Å². The molecule has 68 valence electrons. The summed E-state index contributed by atoms with van der Waals surface area (Å²) >= 11 is 0. The minimum Gasteiger partial charge on any atom is -0.351 e. The molecule has 0 radical (unpaired) electrons. The van der Waals surface area contributed by atoms with Gasteiger partial charge < -0.3 is 14.8 Å². The second kappa shape index (κ2) is 6.58. The number of ether oxygens (including phenoxy) is 2. The van der Waals surface area contributed by atoms with Crippen LogP contribution >= 0.6 is 0 Å². The van der Waals surface area contributed by atoms with Gasteiger partial charge in [-0.1, -0.05) is 13.8 Å². The van der Waals surface area contributed by atoms with E-state index in [0.717, 1.165) is 13.2 Å². The Labute approximate surface area is 69.1 Å². The fourth-order valence-electron chi connectivity index (χ4n) is 0.766. The zero-order valence-corrected chi connectivity index (χ0v) is 7.89. The lowest BCUT2D eigenvalue weighted by molar-refractivity contribution is -0.178. The average molecular weight is 161 g/mol. The van der Waals surface area contributed by atoms with E-state index in [1.54, 1.807) is 0 Å². The molecule has 3 nitrogen and oxygen atoms in total. The molecule has 0 bridgehead atoms. The number of nitrogens with one attached hydrogen (secondary N) is 1. The van der Waals surface area contributed by atoms with E-state index in [-0.39, 0.29) is 6.29 Å². The summed E-state index contributed by atoms with van der Waals surface area (Å²) in [7, 11) is 1.91. The lowest BCUT2D eigenvalue weighted by Crippen LogP contribution is -2.42. The van der Waals surface area contributed by atoms with Crippen LogP contribution in [0.15, 0.2) is 0 Å². The molecule has 1 rings (SSSR count). The van der Waals surface area contributed by atoms with Crippen molar-refractivity contribution in [3.05, 3.63) is 0 Å². The highest BCUT2D eigenvalue weighted by molar-refractivity contribution is 4.65. The first-order valence-electron chi connectivity index (χ1n) is 4.23. The van der Waals surface area contributed by atoms with Crippen molar-refractivity contribution in [1.82, 2.24) is 5.32 Å². The molecule has 1 aliphatic rings. The monoisotopic (exact) mass is 161 g/mol. The van der Waals surface area contributed by atoms with Crippen LogP contribution < -0.4 is 5.32 Å². The molecular formula is C8H19NO2. The van der Waals surface area contributed by atoms with Crippen LogP contribution in [0.5, 0.6) is 0 Å². The molecule has 1 fully saturated rings. The minimum absolute atomic E-state index is 0.0189. The van der Waals surface area contributed by atoms with Crippen molar-refractivity contribution in [2.24, 2.45) is 0 Å². The van der Waals surface area contributed by atoms with Gasteiger partial charge in [-0.3, -0.25) is 0 Å². The van der Waals surface area contributed by atoms with Crippen LogP contribution in [0.2, 0.25) is 0 Å². The second-order valence-electron chi connectivity index (χ2n) is 2.22. The van der Waals surface area contributed by atoms with Crippen molar-refractivity contribution in [1.29, 1.82) is 0 Å². The highest BCUT2D eigenvalue weighted by Crippen LogP contribution is 2.02. The van der Waals surface area contributed by atoms with E-state index in [1.807, 2.05) is 27.8 Å². The molecule has 1 N–H and O–H groups in total. The summed E-state index contributed by atoms with van der Waals surface area (Å²) in [4.78, 5) is 0. The van der Waals surface area contributed by atoms with Crippen LogP contribution in [0.4, 0.5) is 0 Å². The Morgan fingerprint density at radius 3 is 2.00 bits per heavy atom. The van der Waals surface area contributed by atoms with Gasteiger partial charge in [-0.2, -0.15) is 0 Å². The largest absolute Gasteiger partial charge is 0.351 e. The van der Waals surface area contributed by atoms with E-state index in [9.17, 15) is 0 Å². The third kappa shape index (κ3) is 4.35. The zero-order chi connectivity index (χ0) is 8.69. The summed E-state index contributed by atoms with van der Waals surface area (Å²) in [5.74, 6) is 0. The summed E-state index contributed by atoms with van der Waals surface area (Å²) in [6, 6.07) is 0.376. The van der Waals surface area contributed by atoms with Crippen molar-refractivity contribution in [2.45, 2.75) is 33.1 Å². The van der Waals surface area contributed by atoms with Crippen molar-refractivity contribution in [3.63, 3.8) is 0 Å². The predicted octanol–water partition coefficient (Wildman–Crippen LogP) is 0.993. The Morgan fingerprint density at radius 2 is 1.64 bits per heavy atom. The third-order valence-corrected chi connectivity index (χ3v) is 1.47. The highest BCUT2D eigenvalue weighted by Gasteiger charge is 2.16. The standard InChI is InChI=1S/C6H13NO2.C2H6/c1-5-8-3-6(7-2)4-9-5;1-2/h5-7H,3-4H2,1-2H3;1-2H3. The minimum atomic E-state index is -0.0189. The van der Waals surface area contributed by atoms with E-state index in [2.05, 4.69) is 5.32 Å². The van der Waals surface area contributed by atoms with Gasteiger partial charge in [0, 0.05) is 0 Å². The van der Waals surface area contributed by atoms with Crippen molar-refractivity contribution >= 4 is 0 Å². The molecule has 3 heteroatoms. The maximum absolute atomic E-state index is 5.20. The van der Waals surface area contributed by atoms with Crippen molar-refractivity contribution < 1.29 is 9.47 Å². The van der Waals surface area contributed by atoms with Gasteiger partial charge in [-0.25, -0.2) is 0 Å². The molecule has 11 heavy (non-hydrogen) atoms. The fraction of sp³-hybridized carbons (Fsp3) is 1.00. The molecule has 0 unspecified atom stereocenters. The lowest BCUT2D eigenvalue weighted by Gasteiger charge is -2.26. The molecule has 1 aliphatic heterocycles. The zero-order valence-electron chi connectivity index (χ0n) is 7.89. The van der Waals surface area contributed by atoms with Gasteiger partial charge in [-0.15, -0.1) is 0 Å². The Bertz CT molecular complexity index is 80.2. The quantitative estimate of drug-likeness (QED) is 0.622. The Hall–Kier alpha value is -0.120. The summed E-state index contributed by atoms with van der Waals surface area (Å²) in [6.45, 7) is 7.43. The van der Waals surface area contributed by atoms with Gasteiger partial charge in [0.05, 0.1) is 19.3 Å².